The van der Waals surface area contributed by atoms with E-state index in [1.165, 1.54) is 10.8 Å². The zero-order valence-corrected chi connectivity index (χ0v) is 13.4. The van der Waals surface area contributed by atoms with E-state index in [1.54, 1.807) is 0 Å². The highest BCUT2D eigenvalue weighted by Crippen LogP contribution is 2.20. The number of carbonyl (C=O) groups excluding carboxylic acids is 1. The summed E-state index contributed by atoms with van der Waals surface area (Å²) in [7, 11) is 0. The van der Waals surface area contributed by atoms with Gasteiger partial charge in [0.15, 0.2) is 5.78 Å². The number of ketones is 1. The summed E-state index contributed by atoms with van der Waals surface area (Å²) >= 11 is 3.43. The summed E-state index contributed by atoms with van der Waals surface area (Å²) in [6.07, 6.45) is 0.438. The van der Waals surface area contributed by atoms with E-state index in [4.69, 9.17) is 0 Å². The molecule has 1 nitrogen and oxygen atoms in total. The lowest BCUT2D eigenvalue weighted by Crippen LogP contribution is -2.05. The lowest BCUT2D eigenvalue weighted by molar-refractivity contribution is 0.0992. The van der Waals surface area contributed by atoms with Gasteiger partial charge >= 0.3 is 0 Å². The highest BCUT2D eigenvalue weighted by molar-refractivity contribution is 9.10. The summed E-state index contributed by atoms with van der Waals surface area (Å²) in [4.78, 5) is 12.5. The Bertz CT molecular complexity index is 821. The largest absolute Gasteiger partial charge is 0.294 e. The molecule has 0 heterocycles. The zero-order valence-electron chi connectivity index (χ0n) is 11.8. The lowest BCUT2D eigenvalue weighted by Gasteiger charge is -2.07. The van der Waals surface area contributed by atoms with Gasteiger partial charge in [-0.2, -0.15) is 0 Å². The molecule has 0 amide bonds. The average Bonchev–Trinajstić information content (AvgIpc) is 2.47. The second-order valence-corrected chi connectivity index (χ2v) is 6.16. The van der Waals surface area contributed by atoms with Crippen LogP contribution in [0.3, 0.4) is 0 Å². The summed E-state index contributed by atoms with van der Waals surface area (Å²) < 4.78 is 1.00. The van der Waals surface area contributed by atoms with E-state index in [9.17, 15) is 4.79 Å². The Balaban J connectivity index is 1.89. The lowest BCUT2D eigenvalue weighted by atomic mass is 9.98. The molecular formula is C19H15BrO. The molecule has 3 aromatic rings. The monoisotopic (exact) mass is 338 g/mol. The minimum absolute atomic E-state index is 0.162. The van der Waals surface area contributed by atoms with Crippen LogP contribution in [0.25, 0.3) is 10.8 Å². The number of fused-ring (bicyclic) bond motifs is 1. The van der Waals surface area contributed by atoms with E-state index < -0.39 is 0 Å². The summed E-state index contributed by atoms with van der Waals surface area (Å²) in [5.74, 6) is 0.162. The van der Waals surface area contributed by atoms with Crippen molar-refractivity contribution in [2.45, 2.75) is 13.3 Å². The van der Waals surface area contributed by atoms with E-state index in [0.717, 1.165) is 21.2 Å². The first-order valence-corrected chi connectivity index (χ1v) is 7.70. The van der Waals surface area contributed by atoms with Gasteiger partial charge in [-0.1, -0.05) is 64.5 Å². The van der Waals surface area contributed by atoms with Crippen LogP contribution in [0, 0.1) is 6.92 Å². The number of aryl methyl sites for hydroxylation is 1. The predicted molar refractivity (Wildman–Crippen MR) is 90.9 cm³/mol. The number of hydrogen-bond donors (Lipinski definition) is 0. The van der Waals surface area contributed by atoms with Gasteiger partial charge in [0, 0.05) is 16.5 Å². The Hall–Kier alpha value is -1.93. The van der Waals surface area contributed by atoms with Gasteiger partial charge in [-0.3, -0.25) is 4.79 Å². The van der Waals surface area contributed by atoms with E-state index in [-0.39, 0.29) is 5.78 Å². The molecule has 0 unspecified atom stereocenters. The zero-order chi connectivity index (χ0) is 14.8. The number of Topliss-reactive ketones (excluding diaryl/α,β-unsaturated/α-hetero) is 1. The van der Waals surface area contributed by atoms with Crippen LogP contribution in [0.5, 0.6) is 0 Å². The second-order valence-electron chi connectivity index (χ2n) is 5.24. The van der Waals surface area contributed by atoms with Crippen molar-refractivity contribution in [2.24, 2.45) is 0 Å². The molecule has 3 aromatic carbocycles. The van der Waals surface area contributed by atoms with Crippen LogP contribution in [0.2, 0.25) is 0 Å². The van der Waals surface area contributed by atoms with Crippen molar-refractivity contribution in [3.63, 3.8) is 0 Å². The minimum Gasteiger partial charge on any atom is -0.294 e. The van der Waals surface area contributed by atoms with Crippen molar-refractivity contribution in [3.05, 3.63) is 81.8 Å². The van der Waals surface area contributed by atoms with Crippen molar-refractivity contribution >= 4 is 32.5 Å². The number of carbonyl (C=O) groups is 1. The van der Waals surface area contributed by atoms with Crippen molar-refractivity contribution in [2.75, 3.05) is 0 Å². The van der Waals surface area contributed by atoms with Crippen molar-refractivity contribution < 1.29 is 4.79 Å². The van der Waals surface area contributed by atoms with Gasteiger partial charge in [0.1, 0.15) is 0 Å². The summed E-state index contributed by atoms with van der Waals surface area (Å²) in [5, 5.41) is 2.38. The maximum atomic E-state index is 12.5. The second kappa shape index (κ2) is 5.82. The predicted octanol–water partition coefficient (Wildman–Crippen LogP) is 5.34. The maximum Gasteiger partial charge on any atom is 0.167 e. The van der Waals surface area contributed by atoms with Gasteiger partial charge in [-0.05, 0) is 41.0 Å². The van der Waals surface area contributed by atoms with Crippen LogP contribution in [-0.2, 0) is 6.42 Å². The summed E-state index contributed by atoms with van der Waals surface area (Å²) in [5.41, 5.74) is 2.86. The van der Waals surface area contributed by atoms with Crippen molar-refractivity contribution in [1.29, 1.82) is 0 Å². The molecule has 3 rings (SSSR count). The molecule has 0 fully saturated rings. The molecule has 2 heteroatoms. The van der Waals surface area contributed by atoms with E-state index in [0.29, 0.717) is 6.42 Å². The first-order chi connectivity index (χ1) is 10.1. The van der Waals surface area contributed by atoms with Gasteiger partial charge in [-0.15, -0.1) is 0 Å². The third-order valence-corrected chi connectivity index (χ3v) is 4.16. The molecule has 0 spiro atoms. The van der Waals surface area contributed by atoms with Gasteiger partial charge < -0.3 is 0 Å². The smallest absolute Gasteiger partial charge is 0.167 e. The Labute approximate surface area is 132 Å². The normalized spacial score (nSPS) is 10.8. The van der Waals surface area contributed by atoms with Crippen molar-refractivity contribution in [3.8, 4) is 0 Å². The first kappa shape index (κ1) is 14.0. The van der Waals surface area contributed by atoms with E-state index in [1.807, 2.05) is 43.3 Å². The summed E-state index contributed by atoms with van der Waals surface area (Å²) in [6.45, 7) is 1.97. The van der Waals surface area contributed by atoms with Crippen LogP contribution in [0.15, 0.2) is 65.1 Å². The molecule has 0 saturated carbocycles. The molecule has 0 aliphatic heterocycles. The van der Waals surface area contributed by atoms with Crippen LogP contribution in [-0.4, -0.2) is 5.78 Å². The summed E-state index contributed by atoms with van der Waals surface area (Å²) in [6, 6.07) is 20.2. The molecule has 0 saturated heterocycles. The Morgan fingerprint density at radius 1 is 0.952 bits per heavy atom. The average molecular weight is 339 g/mol. The van der Waals surface area contributed by atoms with Crippen LogP contribution in [0.4, 0.5) is 0 Å². The SMILES string of the molecule is Cc1cc(Br)ccc1C(=O)Cc1ccc2ccccc2c1. The Kier molecular flexibility index (Phi) is 3.89. The number of benzene rings is 3. The highest BCUT2D eigenvalue weighted by atomic mass is 79.9. The molecule has 21 heavy (non-hydrogen) atoms. The molecule has 0 aliphatic rings. The van der Waals surface area contributed by atoms with Gasteiger partial charge in [0.05, 0.1) is 0 Å². The van der Waals surface area contributed by atoms with Gasteiger partial charge in [0.25, 0.3) is 0 Å². The number of hydrogen-bond acceptors (Lipinski definition) is 1. The fourth-order valence-electron chi connectivity index (χ4n) is 2.57. The third-order valence-electron chi connectivity index (χ3n) is 3.67. The fourth-order valence-corrected chi connectivity index (χ4v) is 3.04. The Morgan fingerprint density at radius 2 is 1.71 bits per heavy atom. The van der Waals surface area contributed by atoms with E-state index in [2.05, 4.69) is 40.2 Å². The molecular weight excluding hydrogens is 324 g/mol. The quantitative estimate of drug-likeness (QED) is 0.589. The molecule has 0 bridgehead atoms. The molecule has 0 radical (unpaired) electrons. The molecule has 0 N–H and O–H groups in total. The van der Waals surface area contributed by atoms with Crippen molar-refractivity contribution in [1.82, 2.24) is 0 Å². The van der Waals surface area contributed by atoms with Gasteiger partial charge in [0.2, 0.25) is 0 Å². The maximum absolute atomic E-state index is 12.5. The fraction of sp³-hybridized carbons (Fsp3) is 0.105. The molecule has 0 aliphatic carbocycles. The van der Waals surface area contributed by atoms with Crippen LogP contribution >= 0.6 is 15.9 Å². The van der Waals surface area contributed by atoms with E-state index >= 15 is 0 Å². The number of rotatable bonds is 3. The molecule has 104 valence electrons. The third kappa shape index (κ3) is 3.06. The molecule has 0 atom stereocenters. The minimum atomic E-state index is 0.162. The highest BCUT2D eigenvalue weighted by Gasteiger charge is 2.10. The van der Waals surface area contributed by atoms with Crippen LogP contribution in [0.1, 0.15) is 21.5 Å². The Morgan fingerprint density at radius 3 is 2.48 bits per heavy atom. The number of halogens is 1. The van der Waals surface area contributed by atoms with Crippen LogP contribution < -0.4 is 0 Å². The molecule has 0 aromatic heterocycles. The topological polar surface area (TPSA) is 17.1 Å². The van der Waals surface area contributed by atoms with Gasteiger partial charge in [-0.25, -0.2) is 0 Å². The first-order valence-electron chi connectivity index (χ1n) is 6.90. The standard InChI is InChI=1S/C19H15BrO/c1-13-10-17(20)8-9-18(13)19(21)12-14-6-7-15-4-2-3-5-16(15)11-14/h2-11H,12H2,1H3.